The third-order valence-electron chi connectivity index (χ3n) is 5.44. The Bertz CT molecular complexity index is 654. The maximum Gasteiger partial charge on any atom is 0.403 e. The van der Waals surface area contributed by atoms with Crippen LogP contribution < -0.4 is 5.32 Å². The molecule has 0 spiro atoms. The van der Waals surface area contributed by atoms with Gasteiger partial charge in [0.1, 0.15) is 11.9 Å². The van der Waals surface area contributed by atoms with Gasteiger partial charge < -0.3 is 14.8 Å². The summed E-state index contributed by atoms with van der Waals surface area (Å²) >= 11 is 0. The Hall–Kier alpha value is -1.11. The summed E-state index contributed by atoms with van der Waals surface area (Å²) in [5.74, 6) is 2.62. The first kappa shape index (κ1) is 23.2. The Labute approximate surface area is 180 Å². The summed E-state index contributed by atoms with van der Waals surface area (Å²) in [5, 5.41) is 11.9. The normalized spacial score (nSPS) is 20.2. The largest absolute Gasteiger partial charge is 0.403 e. The van der Waals surface area contributed by atoms with Crippen LogP contribution in [0.4, 0.5) is 13.2 Å². The lowest BCUT2D eigenvalue weighted by Gasteiger charge is -2.39. The van der Waals surface area contributed by atoms with Crippen LogP contribution in [0.3, 0.4) is 0 Å². The number of hydrogen-bond acceptors (Lipinski definition) is 4. The third kappa shape index (κ3) is 5.49. The van der Waals surface area contributed by atoms with Crippen LogP contribution in [-0.4, -0.2) is 76.0 Å². The van der Waals surface area contributed by atoms with E-state index in [4.69, 9.17) is 0 Å². The molecule has 160 valence electrons. The summed E-state index contributed by atoms with van der Waals surface area (Å²) in [4.78, 5) is 7.77. The molecule has 0 saturated carbocycles. The van der Waals surface area contributed by atoms with Gasteiger partial charge in [0.2, 0.25) is 0 Å². The quantitative estimate of drug-likeness (QED) is 0.381. The number of guanidine groups is 1. The average Bonchev–Trinajstić information content (AvgIpc) is 2.87. The van der Waals surface area contributed by atoms with Crippen LogP contribution in [0.1, 0.15) is 37.8 Å². The molecular weight excluding hydrogens is 486 g/mol. The Kier molecular flexibility index (Phi) is 8.34. The highest BCUT2D eigenvalue weighted by Crippen LogP contribution is 2.25. The highest BCUT2D eigenvalue weighted by atomic mass is 127. The lowest BCUT2D eigenvalue weighted by molar-refractivity contribution is -0.181. The van der Waals surface area contributed by atoms with Gasteiger partial charge in [-0.3, -0.25) is 9.89 Å². The Morgan fingerprint density at radius 3 is 2.46 bits per heavy atom. The number of hydrogen-bond donors (Lipinski definition) is 1. The van der Waals surface area contributed by atoms with E-state index in [0.29, 0.717) is 38.7 Å². The van der Waals surface area contributed by atoms with Gasteiger partial charge in [-0.05, 0) is 19.8 Å². The van der Waals surface area contributed by atoms with Crippen LogP contribution in [0.25, 0.3) is 0 Å². The summed E-state index contributed by atoms with van der Waals surface area (Å²) in [6, 6.07) is -1.42. The van der Waals surface area contributed by atoms with Gasteiger partial charge in [0.25, 0.3) is 0 Å². The van der Waals surface area contributed by atoms with Crippen molar-refractivity contribution in [2.45, 2.75) is 57.9 Å². The van der Waals surface area contributed by atoms with Crippen molar-refractivity contribution in [3.63, 3.8) is 0 Å². The number of aromatic nitrogens is 3. The molecule has 1 fully saturated rings. The molecule has 1 unspecified atom stereocenters. The Morgan fingerprint density at radius 1 is 1.11 bits per heavy atom. The van der Waals surface area contributed by atoms with E-state index in [1.807, 2.05) is 4.90 Å². The van der Waals surface area contributed by atoms with Gasteiger partial charge in [-0.25, -0.2) is 0 Å². The van der Waals surface area contributed by atoms with Crippen molar-refractivity contribution in [2.24, 2.45) is 4.99 Å². The minimum atomic E-state index is -4.19. The highest BCUT2D eigenvalue weighted by molar-refractivity contribution is 14.0. The van der Waals surface area contributed by atoms with E-state index in [2.05, 4.69) is 25.1 Å². The van der Waals surface area contributed by atoms with Gasteiger partial charge in [-0.2, -0.15) is 13.2 Å². The van der Waals surface area contributed by atoms with Crippen LogP contribution in [0, 0.1) is 0 Å². The molecule has 0 bridgehead atoms. The van der Waals surface area contributed by atoms with Crippen molar-refractivity contribution in [3.8, 4) is 0 Å². The molecule has 0 amide bonds. The first-order valence-electron chi connectivity index (χ1n) is 9.57. The van der Waals surface area contributed by atoms with Crippen molar-refractivity contribution in [2.75, 3.05) is 33.2 Å². The number of nitrogens with one attached hydrogen (secondary N) is 1. The van der Waals surface area contributed by atoms with Gasteiger partial charge in [-0.1, -0.05) is 6.42 Å². The standard InChI is InChI=1S/C17H28F3N7.HI/c1-13(17(18,19)20)25-8-10-26(11-9-25)16(21-2)22-12-15-24-23-14-6-4-3-5-7-27(14)15;/h13H,3-12H2,1-2H3,(H,21,22);1H. The second-order valence-corrected chi connectivity index (χ2v) is 7.14. The molecule has 7 nitrogen and oxygen atoms in total. The fraction of sp³-hybridized carbons (Fsp3) is 0.824. The van der Waals surface area contributed by atoms with Gasteiger partial charge >= 0.3 is 6.18 Å². The molecule has 1 aromatic rings. The van der Waals surface area contributed by atoms with Crippen molar-refractivity contribution >= 4 is 29.9 Å². The monoisotopic (exact) mass is 515 g/mol. The molecule has 3 rings (SSSR count). The molecule has 3 heterocycles. The van der Waals surface area contributed by atoms with Gasteiger partial charge in [-0.15, -0.1) is 34.2 Å². The molecular formula is C17H29F3IN7. The zero-order valence-corrected chi connectivity index (χ0v) is 18.7. The molecule has 28 heavy (non-hydrogen) atoms. The van der Waals surface area contributed by atoms with Crippen molar-refractivity contribution in [3.05, 3.63) is 11.6 Å². The minimum Gasteiger partial charge on any atom is -0.349 e. The minimum absolute atomic E-state index is 0. The third-order valence-corrected chi connectivity index (χ3v) is 5.44. The van der Waals surface area contributed by atoms with Crippen LogP contribution in [0.2, 0.25) is 0 Å². The van der Waals surface area contributed by atoms with Crippen LogP contribution in [0.15, 0.2) is 4.99 Å². The molecule has 1 atom stereocenters. The SMILES string of the molecule is CN=C(NCc1nnc2n1CCCCC2)N1CCN(C(C)C(F)(F)F)CC1.I. The number of fused-ring (bicyclic) bond motifs is 1. The van der Waals surface area contributed by atoms with Gasteiger partial charge in [0.15, 0.2) is 11.8 Å². The summed E-state index contributed by atoms with van der Waals surface area (Å²) in [7, 11) is 1.69. The smallest absolute Gasteiger partial charge is 0.349 e. The number of halogens is 4. The molecule has 0 aromatic carbocycles. The number of piperazine rings is 1. The molecule has 1 N–H and O–H groups in total. The zero-order valence-electron chi connectivity index (χ0n) is 16.4. The van der Waals surface area contributed by atoms with E-state index in [1.54, 1.807) is 7.05 Å². The maximum absolute atomic E-state index is 12.9. The summed E-state index contributed by atoms with van der Waals surface area (Å²) in [6.07, 6.45) is 0.257. The number of alkyl halides is 3. The Balaban J connectivity index is 0.00000280. The zero-order chi connectivity index (χ0) is 19.4. The van der Waals surface area contributed by atoms with Gasteiger partial charge in [0.05, 0.1) is 6.54 Å². The van der Waals surface area contributed by atoms with E-state index < -0.39 is 12.2 Å². The molecule has 1 aromatic heterocycles. The number of aliphatic imine (C=N–C) groups is 1. The predicted octanol–water partition coefficient (Wildman–Crippen LogP) is 2.27. The molecule has 2 aliphatic heterocycles. The fourth-order valence-electron chi connectivity index (χ4n) is 3.69. The molecule has 0 radical (unpaired) electrons. The summed E-state index contributed by atoms with van der Waals surface area (Å²) < 4.78 is 40.9. The van der Waals surface area contributed by atoms with Crippen LogP contribution >= 0.6 is 24.0 Å². The highest BCUT2D eigenvalue weighted by Gasteiger charge is 2.41. The average molecular weight is 515 g/mol. The number of aryl methyl sites for hydroxylation is 1. The summed E-state index contributed by atoms with van der Waals surface area (Å²) in [5.41, 5.74) is 0. The molecule has 2 aliphatic rings. The van der Waals surface area contributed by atoms with Crippen molar-refractivity contribution in [1.29, 1.82) is 0 Å². The fourth-order valence-corrected chi connectivity index (χ4v) is 3.69. The lowest BCUT2D eigenvalue weighted by Crippen LogP contribution is -2.56. The second kappa shape index (κ2) is 10.1. The van der Waals surface area contributed by atoms with Crippen molar-refractivity contribution in [1.82, 2.24) is 29.9 Å². The van der Waals surface area contributed by atoms with Gasteiger partial charge in [0, 0.05) is 46.2 Å². The topological polar surface area (TPSA) is 61.6 Å². The maximum atomic E-state index is 12.9. The van der Waals surface area contributed by atoms with Crippen LogP contribution in [-0.2, 0) is 19.5 Å². The molecule has 11 heteroatoms. The van der Waals surface area contributed by atoms with E-state index in [0.717, 1.165) is 37.5 Å². The van der Waals surface area contributed by atoms with E-state index >= 15 is 0 Å². The predicted molar refractivity (Wildman–Crippen MR) is 112 cm³/mol. The first-order chi connectivity index (χ1) is 12.9. The number of nitrogens with zero attached hydrogens (tertiary/aromatic N) is 6. The molecule has 0 aliphatic carbocycles. The van der Waals surface area contributed by atoms with E-state index in [1.165, 1.54) is 18.2 Å². The van der Waals surface area contributed by atoms with Crippen LogP contribution in [0.5, 0.6) is 0 Å². The van der Waals surface area contributed by atoms with E-state index in [-0.39, 0.29) is 24.0 Å². The lowest BCUT2D eigenvalue weighted by atomic mass is 10.2. The second-order valence-electron chi connectivity index (χ2n) is 7.14. The molecule has 1 saturated heterocycles. The van der Waals surface area contributed by atoms with E-state index in [9.17, 15) is 13.2 Å². The summed E-state index contributed by atoms with van der Waals surface area (Å²) in [6.45, 7) is 4.42. The Morgan fingerprint density at radius 2 is 1.82 bits per heavy atom. The number of rotatable bonds is 3. The van der Waals surface area contributed by atoms with Crippen molar-refractivity contribution < 1.29 is 13.2 Å². The first-order valence-corrected chi connectivity index (χ1v) is 9.57.